The Kier molecular flexibility index (Phi) is 3.72. The molecule has 0 saturated carbocycles. The van der Waals surface area contributed by atoms with Gasteiger partial charge in [0.05, 0.1) is 12.7 Å². The van der Waals surface area contributed by atoms with Crippen molar-refractivity contribution in [1.82, 2.24) is 0 Å². The summed E-state index contributed by atoms with van der Waals surface area (Å²) >= 11 is 0. The molecule has 0 fully saturated rings. The zero-order valence-electron chi connectivity index (χ0n) is 13.8. The van der Waals surface area contributed by atoms with Crippen molar-refractivity contribution >= 4 is 11.7 Å². The van der Waals surface area contributed by atoms with E-state index in [-0.39, 0.29) is 11.4 Å². The quantitative estimate of drug-likeness (QED) is 0.792. The molecule has 118 valence electrons. The lowest BCUT2D eigenvalue weighted by Gasteiger charge is -2.26. The summed E-state index contributed by atoms with van der Waals surface area (Å²) < 4.78 is 4.74. The number of ether oxygens (including phenoxy) is 1. The molecule has 3 nitrogen and oxygen atoms in total. The number of hydrogen-bond acceptors (Lipinski definition) is 3. The fraction of sp³-hybridized carbons (Fsp3) is 0.250. The topological polar surface area (TPSA) is 29.5 Å². The van der Waals surface area contributed by atoms with E-state index in [2.05, 4.69) is 49.6 Å². The van der Waals surface area contributed by atoms with Gasteiger partial charge >= 0.3 is 5.97 Å². The molecule has 1 heterocycles. The number of hydrogen-bond donors (Lipinski definition) is 0. The van der Waals surface area contributed by atoms with Crippen molar-refractivity contribution in [3.05, 3.63) is 77.5 Å². The molecule has 3 rings (SSSR count). The molecule has 23 heavy (non-hydrogen) atoms. The maximum absolute atomic E-state index is 11.5. The van der Waals surface area contributed by atoms with Crippen LogP contribution < -0.4 is 4.90 Å². The van der Waals surface area contributed by atoms with E-state index < -0.39 is 0 Å². The number of rotatable bonds is 3. The molecule has 0 amide bonds. The monoisotopic (exact) mass is 307 g/mol. The van der Waals surface area contributed by atoms with Gasteiger partial charge in [0.2, 0.25) is 0 Å². The minimum atomic E-state index is -0.311. The van der Waals surface area contributed by atoms with Crippen LogP contribution in [0.5, 0.6) is 0 Å². The minimum absolute atomic E-state index is 0.0669. The molecular formula is C20H21NO2. The summed E-state index contributed by atoms with van der Waals surface area (Å²) in [6, 6.07) is 16.0. The first-order valence-corrected chi connectivity index (χ1v) is 7.69. The van der Waals surface area contributed by atoms with E-state index in [1.165, 1.54) is 18.4 Å². The van der Waals surface area contributed by atoms with Crippen LogP contribution in [0.4, 0.5) is 5.69 Å². The number of nitrogens with zero attached hydrogens (tertiary/aromatic N) is 1. The second-order valence-corrected chi connectivity index (χ2v) is 6.36. The van der Waals surface area contributed by atoms with Crippen LogP contribution in [0.1, 0.15) is 35.3 Å². The zero-order valence-corrected chi connectivity index (χ0v) is 13.8. The van der Waals surface area contributed by atoms with Crippen LogP contribution >= 0.6 is 0 Å². The lowest BCUT2D eigenvalue weighted by Crippen LogP contribution is -2.24. The number of allylic oxidation sites excluding steroid dienone is 1. The van der Waals surface area contributed by atoms with Crippen molar-refractivity contribution in [2.75, 3.05) is 12.0 Å². The molecule has 0 spiro atoms. The number of fused-ring (bicyclic) bond motifs is 1. The molecule has 2 aromatic rings. The van der Waals surface area contributed by atoms with Gasteiger partial charge in [0.15, 0.2) is 0 Å². The average Bonchev–Trinajstić information content (AvgIpc) is 2.76. The molecule has 1 aliphatic heterocycles. The Morgan fingerprint density at radius 3 is 2.43 bits per heavy atom. The van der Waals surface area contributed by atoms with E-state index in [4.69, 9.17) is 4.74 Å². The van der Waals surface area contributed by atoms with Crippen molar-refractivity contribution < 1.29 is 9.53 Å². The molecule has 0 unspecified atom stereocenters. The van der Waals surface area contributed by atoms with Crippen molar-refractivity contribution in [1.29, 1.82) is 0 Å². The van der Waals surface area contributed by atoms with Gasteiger partial charge in [-0.1, -0.05) is 50.8 Å². The lowest BCUT2D eigenvalue weighted by molar-refractivity contribution is 0.0600. The van der Waals surface area contributed by atoms with E-state index in [1.54, 1.807) is 12.1 Å². The van der Waals surface area contributed by atoms with Crippen LogP contribution in [0.25, 0.3) is 0 Å². The molecule has 0 N–H and O–H groups in total. The first-order chi connectivity index (χ1) is 10.9. The summed E-state index contributed by atoms with van der Waals surface area (Å²) in [5.41, 5.74) is 5.23. The molecule has 0 radical (unpaired) electrons. The lowest BCUT2D eigenvalue weighted by atomic mass is 9.84. The fourth-order valence-corrected chi connectivity index (χ4v) is 3.10. The number of benzene rings is 2. The number of carbonyl (C=O) groups is 1. The summed E-state index contributed by atoms with van der Waals surface area (Å²) in [7, 11) is 1.39. The van der Waals surface area contributed by atoms with E-state index in [1.807, 2.05) is 12.1 Å². The van der Waals surface area contributed by atoms with Gasteiger partial charge in [-0.25, -0.2) is 4.79 Å². The summed E-state index contributed by atoms with van der Waals surface area (Å²) in [6.07, 6.45) is 0. The van der Waals surface area contributed by atoms with Crippen LogP contribution in [0.3, 0.4) is 0 Å². The molecule has 0 aliphatic carbocycles. The minimum Gasteiger partial charge on any atom is -0.465 e. The highest BCUT2D eigenvalue weighted by Gasteiger charge is 2.38. The Morgan fingerprint density at radius 2 is 1.78 bits per heavy atom. The van der Waals surface area contributed by atoms with Crippen LogP contribution in [0, 0.1) is 0 Å². The van der Waals surface area contributed by atoms with Gasteiger partial charge in [-0.05, 0) is 29.3 Å². The molecular weight excluding hydrogens is 286 g/mol. The highest BCUT2D eigenvalue weighted by Crippen LogP contribution is 2.47. The Bertz CT molecular complexity index is 759. The fourth-order valence-electron chi connectivity index (χ4n) is 3.10. The highest BCUT2D eigenvalue weighted by molar-refractivity contribution is 5.89. The number of para-hydroxylation sites is 1. The molecule has 0 bridgehead atoms. The van der Waals surface area contributed by atoms with Gasteiger partial charge in [0.25, 0.3) is 0 Å². The zero-order chi connectivity index (χ0) is 16.6. The third kappa shape index (κ3) is 2.52. The Balaban J connectivity index is 1.89. The van der Waals surface area contributed by atoms with Gasteiger partial charge in [-0.15, -0.1) is 0 Å². The largest absolute Gasteiger partial charge is 0.465 e. The SMILES string of the molecule is C=C1N(Cc2ccc(C(=O)OC)cc2)c2ccccc2C1(C)C. The third-order valence-electron chi connectivity index (χ3n) is 4.63. The first-order valence-electron chi connectivity index (χ1n) is 7.69. The molecule has 0 saturated heterocycles. The maximum atomic E-state index is 11.5. The normalized spacial score (nSPS) is 15.4. The average molecular weight is 307 g/mol. The van der Waals surface area contributed by atoms with E-state index >= 15 is 0 Å². The van der Waals surface area contributed by atoms with Gasteiger partial charge in [-0.3, -0.25) is 0 Å². The smallest absolute Gasteiger partial charge is 0.337 e. The van der Waals surface area contributed by atoms with Crippen LogP contribution in [0.15, 0.2) is 60.8 Å². The van der Waals surface area contributed by atoms with E-state index in [0.29, 0.717) is 5.56 Å². The van der Waals surface area contributed by atoms with Crippen LogP contribution in [-0.2, 0) is 16.7 Å². The van der Waals surface area contributed by atoms with Gasteiger partial charge in [0.1, 0.15) is 0 Å². The van der Waals surface area contributed by atoms with E-state index in [0.717, 1.165) is 17.8 Å². The summed E-state index contributed by atoms with van der Waals surface area (Å²) in [5.74, 6) is -0.311. The van der Waals surface area contributed by atoms with Crippen molar-refractivity contribution in [3.8, 4) is 0 Å². The second kappa shape index (κ2) is 5.58. The predicted molar refractivity (Wildman–Crippen MR) is 92.6 cm³/mol. The molecule has 0 aromatic heterocycles. The van der Waals surface area contributed by atoms with Crippen molar-refractivity contribution in [2.45, 2.75) is 25.8 Å². The first kappa shape index (κ1) is 15.3. The van der Waals surface area contributed by atoms with Crippen LogP contribution in [-0.4, -0.2) is 13.1 Å². The molecule has 1 aliphatic rings. The second-order valence-electron chi connectivity index (χ2n) is 6.36. The Labute approximate surface area is 137 Å². The number of esters is 1. The third-order valence-corrected chi connectivity index (χ3v) is 4.63. The standard InChI is InChI=1S/C20H21NO2/c1-14-20(2,3)17-7-5-6-8-18(17)21(14)13-15-9-11-16(12-10-15)19(22)23-4/h5-12H,1,13H2,2-4H3. The summed E-state index contributed by atoms with van der Waals surface area (Å²) in [4.78, 5) is 13.8. The molecule has 2 aromatic carbocycles. The predicted octanol–water partition coefficient (Wildman–Crippen LogP) is 4.28. The number of carbonyl (C=O) groups excluding carboxylic acids is 1. The molecule has 0 atom stereocenters. The van der Waals surface area contributed by atoms with Crippen molar-refractivity contribution in [2.24, 2.45) is 0 Å². The summed E-state index contributed by atoms with van der Waals surface area (Å²) in [5, 5.41) is 0. The summed E-state index contributed by atoms with van der Waals surface area (Å²) in [6.45, 7) is 9.45. The maximum Gasteiger partial charge on any atom is 0.337 e. The Morgan fingerprint density at radius 1 is 1.13 bits per heavy atom. The van der Waals surface area contributed by atoms with Crippen LogP contribution in [0.2, 0.25) is 0 Å². The Hall–Kier alpha value is -2.55. The molecule has 3 heteroatoms. The van der Waals surface area contributed by atoms with Gasteiger partial charge in [0, 0.05) is 23.3 Å². The number of anilines is 1. The highest BCUT2D eigenvalue weighted by atomic mass is 16.5. The van der Waals surface area contributed by atoms with E-state index in [9.17, 15) is 4.79 Å². The van der Waals surface area contributed by atoms with Crippen molar-refractivity contribution in [3.63, 3.8) is 0 Å². The number of methoxy groups -OCH3 is 1. The van der Waals surface area contributed by atoms with Gasteiger partial charge < -0.3 is 9.64 Å². The van der Waals surface area contributed by atoms with Gasteiger partial charge in [-0.2, -0.15) is 0 Å².